The first-order chi connectivity index (χ1) is 13.4. The lowest BCUT2D eigenvalue weighted by Gasteiger charge is -2.10. The molecule has 1 heterocycles. The van der Waals surface area contributed by atoms with Crippen LogP contribution in [0.15, 0.2) is 42.5 Å². The van der Waals surface area contributed by atoms with E-state index in [-0.39, 0.29) is 19.0 Å². The summed E-state index contributed by atoms with van der Waals surface area (Å²) >= 11 is 5.95. The zero-order valence-corrected chi connectivity index (χ0v) is 16.2. The molecule has 3 rings (SSSR count). The molecule has 0 saturated carbocycles. The predicted molar refractivity (Wildman–Crippen MR) is 106 cm³/mol. The summed E-state index contributed by atoms with van der Waals surface area (Å²) in [5.41, 5.74) is 3.49. The molecule has 0 aliphatic carbocycles. The predicted octanol–water partition coefficient (Wildman–Crippen LogP) is 2.37. The van der Waals surface area contributed by atoms with Gasteiger partial charge in [-0.25, -0.2) is 0 Å². The van der Waals surface area contributed by atoms with E-state index in [0.29, 0.717) is 16.4 Å². The number of tetrazole rings is 1. The van der Waals surface area contributed by atoms with Gasteiger partial charge in [0.15, 0.2) is 0 Å². The lowest BCUT2D eigenvalue weighted by atomic mass is 10.1. The number of hydrogen-bond donors (Lipinski definition) is 2. The summed E-state index contributed by atoms with van der Waals surface area (Å²) in [6, 6.07) is 12.7. The minimum absolute atomic E-state index is 0.148. The van der Waals surface area contributed by atoms with Crippen molar-refractivity contribution in [2.45, 2.75) is 20.4 Å². The first-order valence-electron chi connectivity index (χ1n) is 8.59. The molecule has 2 aromatic carbocycles. The van der Waals surface area contributed by atoms with Gasteiger partial charge in [-0.15, -0.1) is 10.2 Å². The average Bonchev–Trinajstić information content (AvgIpc) is 3.12. The number of aryl methyl sites for hydroxylation is 1. The van der Waals surface area contributed by atoms with Gasteiger partial charge in [-0.1, -0.05) is 35.9 Å². The van der Waals surface area contributed by atoms with E-state index in [1.165, 1.54) is 0 Å². The number of hydrogen-bond acceptors (Lipinski definition) is 5. The fourth-order valence-corrected chi connectivity index (χ4v) is 2.69. The van der Waals surface area contributed by atoms with Crippen LogP contribution >= 0.6 is 11.6 Å². The summed E-state index contributed by atoms with van der Waals surface area (Å²) in [5.74, 6) is -0.345. The largest absolute Gasteiger partial charge is 0.345 e. The number of halogens is 1. The summed E-state index contributed by atoms with van der Waals surface area (Å²) < 4.78 is 0. The van der Waals surface area contributed by atoms with Gasteiger partial charge in [-0.05, 0) is 48.4 Å². The molecule has 0 radical (unpaired) electrons. The highest BCUT2D eigenvalue weighted by molar-refractivity contribution is 6.30. The Morgan fingerprint density at radius 3 is 2.68 bits per heavy atom. The van der Waals surface area contributed by atoms with Crippen molar-refractivity contribution in [2.24, 2.45) is 0 Å². The highest BCUT2D eigenvalue weighted by Gasteiger charge is 2.11. The minimum atomic E-state index is -0.397. The number of carbonyl (C=O) groups is 2. The van der Waals surface area contributed by atoms with Crippen molar-refractivity contribution in [3.63, 3.8) is 0 Å². The monoisotopic (exact) mass is 398 g/mol. The molecule has 0 unspecified atom stereocenters. The molecule has 8 nitrogen and oxygen atoms in total. The van der Waals surface area contributed by atoms with Crippen LogP contribution in [0.2, 0.25) is 5.02 Å². The Kier molecular flexibility index (Phi) is 6.00. The molecular weight excluding hydrogens is 380 g/mol. The number of amides is 2. The molecule has 0 saturated heterocycles. The van der Waals surface area contributed by atoms with Crippen molar-refractivity contribution >= 4 is 29.1 Å². The maximum Gasteiger partial charge on any atom is 0.244 e. The van der Waals surface area contributed by atoms with E-state index in [1.54, 1.807) is 24.3 Å². The number of nitrogens with zero attached hydrogens (tertiary/aromatic N) is 4. The standard InChI is InChI=1S/C19H19ClN6O2/c1-12-5-3-8-16(13(12)2)22-17(27)10-21-18(28)11-26-24-19(23-25-26)14-6-4-7-15(20)9-14/h3-9H,10-11H2,1-2H3,(H,21,28)(H,22,27). The maximum atomic E-state index is 12.1. The molecule has 0 aliphatic rings. The van der Waals surface area contributed by atoms with Crippen LogP contribution in [-0.4, -0.2) is 38.6 Å². The quantitative estimate of drug-likeness (QED) is 0.663. The van der Waals surface area contributed by atoms with Gasteiger partial charge in [0.1, 0.15) is 6.54 Å². The Bertz CT molecular complexity index is 1020. The molecule has 0 aliphatic heterocycles. The molecule has 0 fully saturated rings. The molecular formula is C19H19ClN6O2. The van der Waals surface area contributed by atoms with Crippen molar-refractivity contribution in [3.8, 4) is 11.4 Å². The van der Waals surface area contributed by atoms with Gasteiger partial charge in [0.25, 0.3) is 0 Å². The third kappa shape index (κ3) is 4.92. The molecule has 9 heteroatoms. The summed E-state index contributed by atoms with van der Waals surface area (Å²) in [7, 11) is 0. The van der Waals surface area contributed by atoms with Crippen LogP contribution in [0.25, 0.3) is 11.4 Å². The van der Waals surface area contributed by atoms with Crippen LogP contribution < -0.4 is 10.6 Å². The maximum absolute atomic E-state index is 12.1. The van der Waals surface area contributed by atoms with E-state index < -0.39 is 5.91 Å². The van der Waals surface area contributed by atoms with Crippen LogP contribution in [0.1, 0.15) is 11.1 Å². The van der Waals surface area contributed by atoms with Crippen molar-refractivity contribution in [1.82, 2.24) is 25.5 Å². The summed E-state index contributed by atoms with van der Waals surface area (Å²) in [4.78, 5) is 25.3. The van der Waals surface area contributed by atoms with Gasteiger partial charge < -0.3 is 10.6 Å². The third-order valence-electron chi connectivity index (χ3n) is 4.15. The zero-order valence-electron chi connectivity index (χ0n) is 15.4. The molecule has 0 atom stereocenters. The van der Waals surface area contributed by atoms with Gasteiger partial charge in [0.05, 0.1) is 6.54 Å². The number of aromatic nitrogens is 4. The number of rotatable bonds is 6. The van der Waals surface area contributed by atoms with Crippen LogP contribution in [0, 0.1) is 13.8 Å². The highest BCUT2D eigenvalue weighted by Crippen LogP contribution is 2.18. The van der Waals surface area contributed by atoms with Gasteiger partial charge in [-0.3, -0.25) is 9.59 Å². The normalized spacial score (nSPS) is 10.5. The second-order valence-electron chi connectivity index (χ2n) is 6.23. The van der Waals surface area contributed by atoms with E-state index in [9.17, 15) is 9.59 Å². The Hall–Kier alpha value is -3.26. The summed E-state index contributed by atoms with van der Waals surface area (Å²) in [6.45, 7) is 3.60. The van der Waals surface area contributed by atoms with Gasteiger partial charge in [-0.2, -0.15) is 4.80 Å². The Morgan fingerprint density at radius 1 is 1.11 bits per heavy atom. The van der Waals surface area contributed by atoms with E-state index in [1.807, 2.05) is 32.0 Å². The van der Waals surface area contributed by atoms with Crippen LogP contribution in [0.4, 0.5) is 5.69 Å². The van der Waals surface area contributed by atoms with E-state index in [2.05, 4.69) is 26.0 Å². The third-order valence-corrected chi connectivity index (χ3v) is 4.38. The highest BCUT2D eigenvalue weighted by atomic mass is 35.5. The molecule has 3 aromatic rings. The SMILES string of the molecule is Cc1cccc(NC(=O)CNC(=O)Cn2nnc(-c3cccc(Cl)c3)n2)c1C. The fourth-order valence-electron chi connectivity index (χ4n) is 2.50. The molecule has 1 aromatic heterocycles. The molecule has 28 heavy (non-hydrogen) atoms. The lowest BCUT2D eigenvalue weighted by Crippen LogP contribution is -2.35. The second kappa shape index (κ2) is 8.62. The van der Waals surface area contributed by atoms with Crippen molar-refractivity contribution in [2.75, 3.05) is 11.9 Å². The van der Waals surface area contributed by atoms with Gasteiger partial charge in [0.2, 0.25) is 17.6 Å². The first-order valence-corrected chi connectivity index (χ1v) is 8.96. The Labute approximate surface area is 166 Å². The zero-order chi connectivity index (χ0) is 20.1. The fraction of sp³-hybridized carbons (Fsp3) is 0.211. The van der Waals surface area contributed by atoms with E-state index >= 15 is 0 Å². The molecule has 2 amide bonds. The van der Waals surface area contributed by atoms with Gasteiger partial charge >= 0.3 is 0 Å². The Morgan fingerprint density at radius 2 is 1.89 bits per heavy atom. The van der Waals surface area contributed by atoms with Gasteiger partial charge in [0, 0.05) is 16.3 Å². The minimum Gasteiger partial charge on any atom is -0.345 e. The topological polar surface area (TPSA) is 102 Å². The lowest BCUT2D eigenvalue weighted by molar-refractivity contribution is -0.124. The van der Waals surface area contributed by atoms with E-state index in [0.717, 1.165) is 21.6 Å². The van der Waals surface area contributed by atoms with Crippen LogP contribution in [-0.2, 0) is 16.1 Å². The molecule has 0 bridgehead atoms. The smallest absolute Gasteiger partial charge is 0.244 e. The Balaban J connectivity index is 1.52. The summed E-state index contributed by atoms with van der Waals surface area (Å²) in [6.07, 6.45) is 0. The molecule has 0 spiro atoms. The van der Waals surface area contributed by atoms with E-state index in [4.69, 9.17) is 11.6 Å². The first kappa shape index (κ1) is 19.5. The molecule has 2 N–H and O–H groups in total. The number of carbonyl (C=O) groups excluding carboxylic acids is 2. The number of nitrogens with one attached hydrogen (secondary N) is 2. The number of anilines is 1. The second-order valence-corrected chi connectivity index (χ2v) is 6.66. The van der Waals surface area contributed by atoms with Crippen LogP contribution in [0.5, 0.6) is 0 Å². The van der Waals surface area contributed by atoms with Crippen molar-refractivity contribution in [1.29, 1.82) is 0 Å². The molecule has 144 valence electrons. The summed E-state index contributed by atoms with van der Waals surface area (Å²) in [5, 5.41) is 17.8. The van der Waals surface area contributed by atoms with Crippen LogP contribution in [0.3, 0.4) is 0 Å². The average molecular weight is 399 g/mol. The number of benzene rings is 2. The van der Waals surface area contributed by atoms with Crippen molar-refractivity contribution < 1.29 is 9.59 Å². The van der Waals surface area contributed by atoms with Crippen molar-refractivity contribution in [3.05, 3.63) is 58.6 Å².